The fraction of sp³-hybridized carbons (Fsp3) is 0.373. The summed E-state index contributed by atoms with van der Waals surface area (Å²) in [6.45, 7) is 14.9. The molecule has 0 saturated carbocycles. The fourth-order valence-corrected chi connectivity index (χ4v) is 9.14. The van der Waals surface area contributed by atoms with E-state index in [0.717, 1.165) is 42.0 Å². The largest absolute Gasteiger partial charge is 0.369 e. The van der Waals surface area contributed by atoms with Crippen molar-refractivity contribution in [3.63, 3.8) is 0 Å². The molecule has 0 aromatic heterocycles. The number of nitrogens with two attached hydrogens (primary N) is 1. The third-order valence-electron chi connectivity index (χ3n) is 12.1. The van der Waals surface area contributed by atoms with Crippen LogP contribution < -0.4 is 21.3 Å². The Morgan fingerprint density at radius 2 is 1.37 bits per heavy atom. The lowest BCUT2D eigenvalue weighted by Crippen LogP contribution is -2.37. The van der Waals surface area contributed by atoms with E-state index < -0.39 is 11.8 Å². The van der Waals surface area contributed by atoms with Crippen LogP contribution in [0.1, 0.15) is 91.2 Å². The maximum Gasteiger partial charge on any atom is 0.226 e. The van der Waals surface area contributed by atoms with E-state index in [1.54, 1.807) is 0 Å². The zero-order valence-electron chi connectivity index (χ0n) is 35.8. The van der Waals surface area contributed by atoms with Crippen molar-refractivity contribution in [2.75, 3.05) is 31.1 Å². The van der Waals surface area contributed by atoms with Gasteiger partial charge in [0.15, 0.2) is 12.3 Å². The number of carbonyl (C=O) groups excluding carboxylic acids is 3. The molecule has 4 aromatic rings. The fourth-order valence-electron chi connectivity index (χ4n) is 9.14. The van der Waals surface area contributed by atoms with Gasteiger partial charge in [0.1, 0.15) is 0 Å². The Kier molecular flexibility index (Phi) is 13.7. The monoisotopic (exact) mass is 792 g/mol. The van der Waals surface area contributed by atoms with Crippen LogP contribution >= 0.6 is 0 Å². The Morgan fingerprint density at radius 1 is 0.729 bits per heavy atom. The minimum atomic E-state index is -0.447. The van der Waals surface area contributed by atoms with Crippen LogP contribution in [0.5, 0.6) is 0 Å². The summed E-state index contributed by atoms with van der Waals surface area (Å²) in [5.74, 6) is -0.947. The summed E-state index contributed by atoms with van der Waals surface area (Å²) in [5.41, 5.74) is 12.2. The van der Waals surface area contributed by atoms with Gasteiger partial charge < -0.3 is 21.3 Å². The third-order valence-corrected chi connectivity index (χ3v) is 12.1. The number of hydrogen-bond acceptors (Lipinski definition) is 4. The predicted octanol–water partition coefficient (Wildman–Crippen LogP) is 9.43. The standard InChI is InChI=1S/C49H55N5O3.C2H6/c1-48(2)41-22-10-6-5-7-11-23-42-49(3,4)46-38-21-15-13-18-35(38)25-27-40(46)54(42)32-29-44(56)52-33-36(47(50)57)19-9-8-16-30-51-43(55)28-31-53(41)39-26-24-34-17-12-14-20-37(34)45(39)48;1-2/h5-7,10-15,17-18,20-27,36H,8-9,16,19,28-33H2,1-4H3,(H3-,50,51,52,55,56,57);1-2H3/p+1. The molecule has 3 aliphatic heterocycles. The quantitative estimate of drug-likeness (QED) is 0.167. The number of nitrogens with zero attached hydrogens (tertiary/aromatic N) is 2. The minimum absolute atomic E-state index is 0.0176. The number of carbonyl (C=O) groups is 3. The zero-order valence-corrected chi connectivity index (χ0v) is 35.8. The van der Waals surface area contributed by atoms with E-state index in [2.05, 4.69) is 151 Å². The van der Waals surface area contributed by atoms with Gasteiger partial charge in [-0.2, -0.15) is 4.58 Å². The lowest BCUT2D eigenvalue weighted by Gasteiger charge is -2.27. The molecule has 3 aliphatic rings. The number of hydrogen-bond donors (Lipinski definition) is 3. The number of allylic oxidation sites excluding steroid dienone is 8. The highest BCUT2D eigenvalue weighted by atomic mass is 16.2. The molecule has 4 aromatic carbocycles. The highest BCUT2D eigenvalue weighted by Gasteiger charge is 2.45. The summed E-state index contributed by atoms with van der Waals surface area (Å²) >= 11 is 0. The first kappa shape index (κ1) is 42.8. The molecular weight excluding hydrogens is 731 g/mol. The molecule has 3 heterocycles. The van der Waals surface area contributed by atoms with Gasteiger partial charge in [-0.15, -0.1) is 0 Å². The SMILES string of the molecule is CC.CC1(C)C2=[N+](CCC(=O)NCC(C(N)=O)CCCCCNC(=O)CCN3/C(=C/C=C/C=C/C=C/2)C(C)(C)c2c3ccc3ccccc23)c2ccc3ccccc3c21. The van der Waals surface area contributed by atoms with Crippen molar-refractivity contribution in [2.45, 2.75) is 90.9 Å². The Bertz CT molecular complexity index is 2360. The van der Waals surface area contributed by atoms with E-state index in [0.29, 0.717) is 32.5 Å². The second-order valence-corrected chi connectivity index (χ2v) is 16.6. The first-order valence-corrected chi connectivity index (χ1v) is 21.5. The van der Waals surface area contributed by atoms with Gasteiger partial charge in [-0.25, -0.2) is 0 Å². The van der Waals surface area contributed by atoms with Crippen LogP contribution in [0.15, 0.2) is 121 Å². The average molecular weight is 793 g/mol. The summed E-state index contributed by atoms with van der Waals surface area (Å²) in [6.07, 6.45) is 18.3. The van der Waals surface area contributed by atoms with E-state index in [4.69, 9.17) is 5.73 Å². The molecule has 0 saturated heterocycles. The topological polar surface area (TPSA) is 108 Å². The second-order valence-electron chi connectivity index (χ2n) is 16.6. The van der Waals surface area contributed by atoms with Crippen LogP contribution in [0, 0.1) is 5.92 Å². The molecule has 59 heavy (non-hydrogen) atoms. The maximum atomic E-state index is 13.3. The van der Waals surface area contributed by atoms with Crippen LogP contribution in [0.2, 0.25) is 0 Å². The molecule has 0 spiro atoms. The Labute approximate surface area is 350 Å². The Morgan fingerprint density at radius 3 is 2.10 bits per heavy atom. The van der Waals surface area contributed by atoms with Gasteiger partial charge in [0.05, 0.1) is 17.8 Å². The summed E-state index contributed by atoms with van der Waals surface area (Å²) in [6, 6.07) is 25.7. The van der Waals surface area contributed by atoms with Crippen LogP contribution in [0.4, 0.5) is 11.4 Å². The summed E-state index contributed by atoms with van der Waals surface area (Å²) in [5, 5.41) is 10.9. The van der Waals surface area contributed by atoms with Crippen molar-refractivity contribution in [2.24, 2.45) is 11.7 Å². The van der Waals surface area contributed by atoms with Crippen molar-refractivity contribution in [3.8, 4) is 0 Å². The van der Waals surface area contributed by atoms with Gasteiger partial charge >= 0.3 is 0 Å². The molecular formula is C51H62N5O3+. The zero-order chi connectivity index (χ0) is 42.2. The van der Waals surface area contributed by atoms with E-state index in [1.807, 2.05) is 26.0 Å². The molecule has 7 rings (SSSR count). The van der Waals surface area contributed by atoms with Crippen LogP contribution in [-0.2, 0) is 25.2 Å². The molecule has 0 aliphatic carbocycles. The molecule has 8 heteroatoms. The number of rotatable bonds is 1. The number of amides is 3. The third kappa shape index (κ3) is 9.12. The highest BCUT2D eigenvalue weighted by Crippen LogP contribution is 2.51. The number of fused-ring (bicyclic) bond motifs is 9. The van der Waals surface area contributed by atoms with E-state index >= 15 is 0 Å². The number of benzene rings is 4. The lowest BCUT2D eigenvalue weighted by atomic mass is 9.79. The second kappa shape index (κ2) is 18.9. The van der Waals surface area contributed by atoms with Crippen molar-refractivity contribution in [1.82, 2.24) is 10.6 Å². The minimum Gasteiger partial charge on any atom is -0.369 e. The molecule has 8 nitrogen and oxygen atoms in total. The Hall–Kier alpha value is -5.76. The predicted molar refractivity (Wildman–Crippen MR) is 244 cm³/mol. The molecule has 0 radical (unpaired) electrons. The van der Waals surface area contributed by atoms with Crippen molar-refractivity contribution < 1.29 is 19.0 Å². The van der Waals surface area contributed by atoms with Crippen molar-refractivity contribution in [1.29, 1.82) is 0 Å². The van der Waals surface area contributed by atoms with Gasteiger partial charge in [0.25, 0.3) is 0 Å². The van der Waals surface area contributed by atoms with Gasteiger partial charge in [-0.3, -0.25) is 14.4 Å². The van der Waals surface area contributed by atoms with Crippen LogP contribution in [0.3, 0.4) is 0 Å². The molecule has 1 atom stereocenters. The molecule has 3 amide bonds. The van der Waals surface area contributed by atoms with E-state index in [-0.39, 0.29) is 35.6 Å². The summed E-state index contributed by atoms with van der Waals surface area (Å²) in [4.78, 5) is 41.1. The molecule has 4 N–H and O–H groups in total. The highest BCUT2D eigenvalue weighted by molar-refractivity contribution is 6.07. The number of anilines is 1. The first-order valence-electron chi connectivity index (χ1n) is 21.5. The van der Waals surface area contributed by atoms with Crippen molar-refractivity contribution in [3.05, 3.63) is 132 Å². The molecule has 0 fully saturated rings. The van der Waals surface area contributed by atoms with Gasteiger partial charge in [-0.1, -0.05) is 126 Å². The lowest BCUT2D eigenvalue weighted by molar-refractivity contribution is -0.436. The van der Waals surface area contributed by atoms with Gasteiger partial charge in [0.2, 0.25) is 23.4 Å². The van der Waals surface area contributed by atoms with Crippen LogP contribution in [-0.4, -0.2) is 54.2 Å². The molecule has 308 valence electrons. The van der Waals surface area contributed by atoms with Crippen molar-refractivity contribution >= 4 is 56.4 Å². The number of nitrogens with one attached hydrogen (secondary N) is 2. The molecule has 0 bridgehead atoms. The van der Waals surface area contributed by atoms with Gasteiger partial charge in [0, 0.05) is 60.6 Å². The number of primary amides is 1. The maximum absolute atomic E-state index is 13.3. The summed E-state index contributed by atoms with van der Waals surface area (Å²) in [7, 11) is 0. The van der Waals surface area contributed by atoms with E-state index in [9.17, 15) is 14.4 Å². The Balaban J connectivity index is 0.00000288. The smallest absolute Gasteiger partial charge is 0.226 e. The van der Waals surface area contributed by atoms with Gasteiger partial charge in [-0.05, 0) is 72.0 Å². The average Bonchev–Trinajstić information content (AvgIpc) is 3.59. The van der Waals surface area contributed by atoms with Crippen LogP contribution in [0.25, 0.3) is 21.5 Å². The first-order chi connectivity index (χ1) is 28.5. The summed E-state index contributed by atoms with van der Waals surface area (Å²) < 4.78 is 2.28. The van der Waals surface area contributed by atoms with E-state index in [1.165, 1.54) is 32.7 Å². The molecule has 1 unspecified atom stereocenters. The normalized spacial score (nSPS) is 22.6.